The number of hydrogen-bond acceptors (Lipinski definition) is 4. The molecular weight excluding hydrogens is 270 g/mol. The highest BCUT2D eigenvalue weighted by atomic mass is 16.5. The third-order valence-corrected chi connectivity index (χ3v) is 3.79. The molecule has 0 radical (unpaired) electrons. The quantitative estimate of drug-likeness (QED) is 0.932. The van der Waals surface area contributed by atoms with Crippen molar-refractivity contribution in [1.29, 1.82) is 0 Å². The molecule has 1 unspecified atom stereocenters. The molecule has 1 aliphatic rings. The van der Waals surface area contributed by atoms with E-state index in [2.05, 4.69) is 10.3 Å². The van der Waals surface area contributed by atoms with E-state index in [1.165, 1.54) is 0 Å². The smallest absolute Gasteiger partial charge is 0.358 e. The molecule has 3 rings (SSSR count). The van der Waals surface area contributed by atoms with Crippen LogP contribution in [-0.2, 0) is 11.3 Å². The minimum Gasteiger partial charge on any atom is -0.476 e. The van der Waals surface area contributed by atoms with Crippen molar-refractivity contribution in [2.75, 3.05) is 6.61 Å². The van der Waals surface area contributed by atoms with Gasteiger partial charge < -0.3 is 9.84 Å². The van der Waals surface area contributed by atoms with Gasteiger partial charge in [-0.2, -0.15) is 0 Å². The van der Waals surface area contributed by atoms with Crippen molar-refractivity contribution >= 4 is 5.97 Å². The second kappa shape index (κ2) is 5.65. The van der Waals surface area contributed by atoms with Gasteiger partial charge in [0.1, 0.15) is 11.8 Å². The number of aromatic carboxylic acids is 1. The summed E-state index contributed by atoms with van der Waals surface area (Å²) in [5.41, 5.74) is 2.81. The first-order valence-electron chi connectivity index (χ1n) is 6.99. The summed E-state index contributed by atoms with van der Waals surface area (Å²) in [6.45, 7) is 3.18. The van der Waals surface area contributed by atoms with Crippen molar-refractivity contribution in [3.63, 3.8) is 0 Å². The zero-order chi connectivity index (χ0) is 14.8. The topological polar surface area (TPSA) is 77.2 Å². The Morgan fingerprint density at radius 1 is 1.48 bits per heavy atom. The van der Waals surface area contributed by atoms with Crippen LogP contribution in [0.25, 0.3) is 0 Å². The minimum absolute atomic E-state index is 0.00418. The molecule has 1 aromatic heterocycles. The predicted octanol–water partition coefficient (Wildman–Crippen LogP) is 2.18. The highest BCUT2D eigenvalue weighted by molar-refractivity contribution is 5.86. The summed E-state index contributed by atoms with van der Waals surface area (Å²) in [6.07, 6.45) is 1.51. The molecule has 110 valence electrons. The highest BCUT2D eigenvalue weighted by Crippen LogP contribution is 2.30. The van der Waals surface area contributed by atoms with E-state index in [0.29, 0.717) is 18.8 Å². The Hall–Kier alpha value is -2.21. The number of nitrogens with zero attached hydrogens (tertiary/aromatic N) is 3. The minimum atomic E-state index is -1.06. The van der Waals surface area contributed by atoms with E-state index in [0.717, 1.165) is 24.0 Å². The van der Waals surface area contributed by atoms with Gasteiger partial charge in [-0.1, -0.05) is 29.5 Å². The fourth-order valence-electron chi connectivity index (χ4n) is 2.65. The fourth-order valence-corrected chi connectivity index (χ4v) is 2.65. The van der Waals surface area contributed by atoms with Gasteiger partial charge in [0.2, 0.25) is 0 Å². The number of carbonyl (C=O) groups is 1. The van der Waals surface area contributed by atoms with Gasteiger partial charge in [0.15, 0.2) is 5.69 Å². The highest BCUT2D eigenvalue weighted by Gasteiger charge is 2.29. The Bertz CT molecular complexity index is 660. The van der Waals surface area contributed by atoms with E-state index < -0.39 is 5.97 Å². The van der Waals surface area contributed by atoms with Crippen LogP contribution in [0.3, 0.4) is 0 Å². The third-order valence-electron chi connectivity index (χ3n) is 3.79. The number of carboxylic acid groups (broad SMARTS) is 1. The van der Waals surface area contributed by atoms with E-state index in [9.17, 15) is 9.90 Å². The third kappa shape index (κ3) is 2.67. The Balaban J connectivity index is 1.98. The lowest BCUT2D eigenvalue weighted by Gasteiger charge is -2.13. The maximum Gasteiger partial charge on any atom is 0.358 e. The van der Waals surface area contributed by atoms with Crippen molar-refractivity contribution in [1.82, 2.24) is 15.0 Å². The van der Waals surface area contributed by atoms with Gasteiger partial charge in [0, 0.05) is 6.61 Å². The van der Waals surface area contributed by atoms with Gasteiger partial charge in [-0.25, -0.2) is 9.48 Å². The lowest BCUT2D eigenvalue weighted by molar-refractivity contribution is 0.0672. The number of benzene rings is 1. The first-order chi connectivity index (χ1) is 10.2. The van der Waals surface area contributed by atoms with E-state index in [-0.39, 0.29) is 11.8 Å². The molecule has 1 atom stereocenters. The summed E-state index contributed by atoms with van der Waals surface area (Å²) >= 11 is 0. The van der Waals surface area contributed by atoms with Gasteiger partial charge in [-0.05, 0) is 30.9 Å². The molecule has 0 amide bonds. The predicted molar refractivity (Wildman–Crippen MR) is 75.2 cm³/mol. The molecule has 21 heavy (non-hydrogen) atoms. The molecule has 0 saturated carbocycles. The normalized spacial score (nSPS) is 18.0. The van der Waals surface area contributed by atoms with Crippen LogP contribution in [0.15, 0.2) is 24.3 Å². The fraction of sp³-hybridized carbons (Fsp3) is 0.400. The van der Waals surface area contributed by atoms with E-state index >= 15 is 0 Å². The van der Waals surface area contributed by atoms with Gasteiger partial charge in [-0.3, -0.25) is 0 Å². The summed E-state index contributed by atoms with van der Waals surface area (Å²) in [5, 5.41) is 17.1. The maximum atomic E-state index is 11.3. The average Bonchev–Trinajstić information content (AvgIpc) is 3.09. The molecule has 2 heterocycles. The van der Waals surface area contributed by atoms with Gasteiger partial charge in [0.25, 0.3) is 0 Å². The van der Waals surface area contributed by atoms with Crippen LogP contribution >= 0.6 is 0 Å². The van der Waals surface area contributed by atoms with Gasteiger partial charge in [-0.15, -0.1) is 5.10 Å². The summed E-state index contributed by atoms with van der Waals surface area (Å²) in [5.74, 6) is -1.06. The Morgan fingerprint density at radius 2 is 2.29 bits per heavy atom. The lowest BCUT2D eigenvalue weighted by Crippen LogP contribution is -2.14. The Kier molecular flexibility index (Phi) is 3.70. The Morgan fingerprint density at radius 3 is 2.95 bits per heavy atom. The standard InChI is InChI=1S/C15H17N3O3/c1-10-5-2-3-6-11(10)9-18-14(12-7-4-8-21-12)13(15(19)20)16-17-18/h2-3,5-6,12H,4,7-9H2,1H3,(H,19,20). The van der Waals surface area contributed by atoms with Crippen LogP contribution in [0, 0.1) is 6.92 Å². The summed E-state index contributed by atoms with van der Waals surface area (Å²) in [7, 11) is 0. The largest absolute Gasteiger partial charge is 0.476 e. The number of carboxylic acids is 1. The second-order valence-electron chi connectivity index (χ2n) is 5.21. The molecule has 0 spiro atoms. The van der Waals surface area contributed by atoms with E-state index in [1.807, 2.05) is 31.2 Å². The molecule has 1 N–H and O–H groups in total. The Labute approximate surface area is 122 Å². The molecular formula is C15H17N3O3. The number of hydrogen-bond donors (Lipinski definition) is 1. The molecule has 1 aliphatic heterocycles. The molecule has 1 fully saturated rings. The van der Waals surface area contributed by atoms with Crippen LogP contribution in [0.2, 0.25) is 0 Å². The van der Waals surface area contributed by atoms with Gasteiger partial charge >= 0.3 is 5.97 Å². The number of aryl methyl sites for hydroxylation is 1. The molecule has 1 saturated heterocycles. The molecule has 6 heteroatoms. The summed E-state index contributed by atoms with van der Waals surface area (Å²) in [4.78, 5) is 11.3. The second-order valence-corrected chi connectivity index (χ2v) is 5.21. The van der Waals surface area contributed by atoms with Crippen LogP contribution in [0.1, 0.15) is 46.3 Å². The van der Waals surface area contributed by atoms with Crippen molar-refractivity contribution in [2.24, 2.45) is 0 Å². The van der Waals surface area contributed by atoms with E-state index in [1.54, 1.807) is 4.68 Å². The molecule has 2 aromatic rings. The monoisotopic (exact) mass is 287 g/mol. The summed E-state index contributed by atoms with van der Waals surface area (Å²) < 4.78 is 7.29. The lowest BCUT2D eigenvalue weighted by atomic mass is 10.1. The van der Waals surface area contributed by atoms with Crippen molar-refractivity contribution in [2.45, 2.75) is 32.4 Å². The van der Waals surface area contributed by atoms with Crippen molar-refractivity contribution < 1.29 is 14.6 Å². The van der Waals surface area contributed by atoms with Crippen molar-refractivity contribution in [3.05, 3.63) is 46.8 Å². The van der Waals surface area contributed by atoms with E-state index in [4.69, 9.17) is 4.74 Å². The van der Waals surface area contributed by atoms with Crippen LogP contribution in [-0.4, -0.2) is 32.7 Å². The average molecular weight is 287 g/mol. The SMILES string of the molecule is Cc1ccccc1Cn1nnc(C(=O)O)c1C1CCCO1. The maximum absolute atomic E-state index is 11.3. The number of aromatic nitrogens is 3. The van der Waals surface area contributed by atoms with Crippen molar-refractivity contribution in [3.8, 4) is 0 Å². The first-order valence-corrected chi connectivity index (χ1v) is 6.99. The van der Waals surface area contributed by atoms with Crippen LogP contribution in [0.5, 0.6) is 0 Å². The molecule has 0 aliphatic carbocycles. The molecule has 0 bridgehead atoms. The van der Waals surface area contributed by atoms with Crippen LogP contribution < -0.4 is 0 Å². The molecule has 6 nitrogen and oxygen atoms in total. The van der Waals surface area contributed by atoms with Gasteiger partial charge in [0.05, 0.1) is 6.54 Å². The number of ether oxygens (including phenoxy) is 1. The summed E-state index contributed by atoms with van der Waals surface area (Å²) in [6, 6.07) is 7.97. The number of rotatable bonds is 4. The zero-order valence-electron chi connectivity index (χ0n) is 11.8. The first kappa shape index (κ1) is 13.8. The molecule has 1 aromatic carbocycles. The van der Waals surface area contributed by atoms with Crippen LogP contribution in [0.4, 0.5) is 0 Å². The zero-order valence-corrected chi connectivity index (χ0v) is 11.8.